The Morgan fingerprint density at radius 1 is 0.880 bits per heavy atom. The van der Waals surface area contributed by atoms with Gasteiger partial charge in [0.2, 0.25) is 0 Å². The summed E-state index contributed by atoms with van der Waals surface area (Å²) in [5, 5.41) is 1.15. The third-order valence-corrected chi connectivity index (χ3v) is 4.49. The summed E-state index contributed by atoms with van der Waals surface area (Å²) in [6.45, 7) is 3.05. The van der Waals surface area contributed by atoms with Crippen LogP contribution in [0.2, 0.25) is 0 Å². The molecule has 0 fully saturated rings. The Hall–Kier alpha value is -3.01. The average Bonchev–Trinajstić information content (AvgIpc) is 3.10. The van der Waals surface area contributed by atoms with E-state index in [1.807, 2.05) is 36.8 Å². The first kappa shape index (κ1) is 15.5. The van der Waals surface area contributed by atoms with Gasteiger partial charge < -0.3 is 4.57 Å². The second kappa shape index (κ2) is 6.85. The Balaban J connectivity index is 1.63. The van der Waals surface area contributed by atoms with Gasteiger partial charge in [0.15, 0.2) is 0 Å². The third kappa shape index (κ3) is 3.15. The zero-order chi connectivity index (χ0) is 17.1. The Kier molecular flexibility index (Phi) is 4.25. The molecule has 0 amide bonds. The molecule has 4 nitrogen and oxygen atoms in total. The van der Waals surface area contributed by atoms with E-state index in [2.05, 4.69) is 56.9 Å². The van der Waals surface area contributed by atoms with Crippen molar-refractivity contribution in [1.82, 2.24) is 19.5 Å². The maximum Gasteiger partial charge on any atom is 0.140 e. The minimum Gasteiger partial charge on any atom is -0.331 e. The zero-order valence-electron chi connectivity index (χ0n) is 14.3. The van der Waals surface area contributed by atoms with Crippen LogP contribution >= 0.6 is 0 Å². The number of imidazole rings is 1. The molecule has 0 saturated heterocycles. The van der Waals surface area contributed by atoms with Crippen molar-refractivity contribution in [3.8, 4) is 11.4 Å². The maximum atomic E-state index is 4.64. The van der Waals surface area contributed by atoms with Crippen molar-refractivity contribution in [3.05, 3.63) is 78.5 Å². The molecular formula is C21H20N4. The van der Waals surface area contributed by atoms with Crippen LogP contribution in [0.5, 0.6) is 0 Å². The number of rotatable bonds is 5. The number of aryl methyl sites for hydroxylation is 3. The number of fused-ring (bicyclic) bond motifs is 1. The SMILES string of the molecule is Cc1ccc2ncccc2c1-c1nccn1CCCc1ccccn1. The highest BCUT2D eigenvalue weighted by Gasteiger charge is 2.13. The topological polar surface area (TPSA) is 43.6 Å². The normalized spacial score (nSPS) is 11.1. The molecule has 3 aromatic heterocycles. The summed E-state index contributed by atoms with van der Waals surface area (Å²) in [7, 11) is 0. The lowest BCUT2D eigenvalue weighted by Crippen LogP contribution is -2.03. The maximum absolute atomic E-state index is 4.64. The summed E-state index contributed by atoms with van der Waals surface area (Å²) in [4.78, 5) is 13.5. The molecule has 1 aromatic carbocycles. The highest BCUT2D eigenvalue weighted by atomic mass is 15.1. The fraction of sp³-hybridized carbons (Fsp3) is 0.190. The lowest BCUT2D eigenvalue weighted by Gasteiger charge is -2.12. The van der Waals surface area contributed by atoms with E-state index < -0.39 is 0 Å². The Morgan fingerprint density at radius 2 is 1.80 bits per heavy atom. The minimum absolute atomic E-state index is 0.919. The number of hydrogen-bond acceptors (Lipinski definition) is 3. The van der Waals surface area contributed by atoms with Gasteiger partial charge in [-0.1, -0.05) is 18.2 Å². The standard InChI is InChI=1S/C21H20N4/c1-16-9-10-19-18(8-4-12-23-19)20(16)21-24-13-15-25(21)14-5-7-17-6-2-3-11-22-17/h2-4,6,8-13,15H,5,7,14H2,1H3. The third-order valence-electron chi connectivity index (χ3n) is 4.49. The number of pyridine rings is 2. The van der Waals surface area contributed by atoms with E-state index in [1.165, 1.54) is 11.1 Å². The minimum atomic E-state index is 0.919. The first-order valence-electron chi connectivity index (χ1n) is 8.59. The molecule has 0 aliphatic rings. The molecule has 4 rings (SSSR count). The molecule has 0 radical (unpaired) electrons. The fourth-order valence-corrected chi connectivity index (χ4v) is 3.25. The van der Waals surface area contributed by atoms with Gasteiger partial charge in [-0.25, -0.2) is 4.98 Å². The summed E-state index contributed by atoms with van der Waals surface area (Å²) in [5.74, 6) is 1.01. The van der Waals surface area contributed by atoms with Crippen molar-refractivity contribution in [1.29, 1.82) is 0 Å². The summed E-state index contributed by atoms with van der Waals surface area (Å²) in [6.07, 6.45) is 9.62. The predicted molar refractivity (Wildman–Crippen MR) is 100 cm³/mol. The van der Waals surface area contributed by atoms with Crippen LogP contribution in [0.3, 0.4) is 0 Å². The predicted octanol–water partition coefficient (Wildman–Crippen LogP) is 4.43. The Bertz CT molecular complexity index is 989. The molecule has 0 atom stereocenters. The molecule has 0 unspecified atom stereocenters. The van der Waals surface area contributed by atoms with Crippen molar-refractivity contribution >= 4 is 10.9 Å². The largest absolute Gasteiger partial charge is 0.331 e. The van der Waals surface area contributed by atoms with Crippen LogP contribution in [-0.4, -0.2) is 19.5 Å². The van der Waals surface area contributed by atoms with Gasteiger partial charge in [0, 0.05) is 48.0 Å². The number of nitrogens with zero attached hydrogens (tertiary/aromatic N) is 4. The molecule has 0 spiro atoms. The van der Waals surface area contributed by atoms with Crippen molar-refractivity contribution in [2.45, 2.75) is 26.3 Å². The summed E-state index contributed by atoms with van der Waals surface area (Å²) in [6, 6.07) is 14.4. The second-order valence-electron chi connectivity index (χ2n) is 6.20. The first-order chi connectivity index (χ1) is 12.3. The molecule has 0 aliphatic heterocycles. The summed E-state index contributed by atoms with van der Waals surface area (Å²) < 4.78 is 2.23. The quantitative estimate of drug-likeness (QED) is 0.544. The summed E-state index contributed by atoms with van der Waals surface area (Å²) >= 11 is 0. The van der Waals surface area contributed by atoms with Crippen LogP contribution < -0.4 is 0 Å². The van der Waals surface area contributed by atoms with Gasteiger partial charge >= 0.3 is 0 Å². The molecule has 0 aliphatic carbocycles. The Morgan fingerprint density at radius 3 is 2.68 bits per heavy atom. The van der Waals surface area contributed by atoms with Crippen LogP contribution in [0.25, 0.3) is 22.3 Å². The lowest BCUT2D eigenvalue weighted by atomic mass is 10.0. The molecular weight excluding hydrogens is 308 g/mol. The van der Waals surface area contributed by atoms with Gasteiger partial charge in [-0.15, -0.1) is 0 Å². The van der Waals surface area contributed by atoms with Crippen LogP contribution in [0, 0.1) is 6.92 Å². The van der Waals surface area contributed by atoms with Crippen LogP contribution in [0.4, 0.5) is 0 Å². The van der Waals surface area contributed by atoms with Crippen molar-refractivity contribution < 1.29 is 0 Å². The van der Waals surface area contributed by atoms with Gasteiger partial charge in [0.05, 0.1) is 5.52 Å². The number of hydrogen-bond donors (Lipinski definition) is 0. The Labute approximate surface area is 147 Å². The highest BCUT2D eigenvalue weighted by Crippen LogP contribution is 2.30. The fourth-order valence-electron chi connectivity index (χ4n) is 3.25. The molecule has 124 valence electrons. The van der Waals surface area contributed by atoms with E-state index in [0.29, 0.717) is 0 Å². The first-order valence-corrected chi connectivity index (χ1v) is 8.59. The van der Waals surface area contributed by atoms with Crippen LogP contribution in [-0.2, 0) is 13.0 Å². The van der Waals surface area contributed by atoms with Gasteiger partial charge in [0.25, 0.3) is 0 Å². The molecule has 3 heterocycles. The highest BCUT2D eigenvalue weighted by molar-refractivity contribution is 5.94. The van der Waals surface area contributed by atoms with Gasteiger partial charge in [-0.05, 0) is 49.6 Å². The van der Waals surface area contributed by atoms with Gasteiger partial charge in [-0.3, -0.25) is 9.97 Å². The van der Waals surface area contributed by atoms with E-state index in [-0.39, 0.29) is 0 Å². The number of aromatic nitrogens is 4. The monoisotopic (exact) mass is 328 g/mol. The molecule has 0 bridgehead atoms. The molecule has 4 aromatic rings. The molecule has 0 saturated carbocycles. The van der Waals surface area contributed by atoms with E-state index in [1.54, 1.807) is 0 Å². The number of benzene rings is 1. The van der Waals surface area contributed by atoms with Gasteiger partial charge in [0.1, 0.15) is 5.82 Å². The molecule has 4 heteroatoms. The van der Waals surface area contributed by atoms with Crippen LogP contribution in [0.15, 0.2) is 67.3 Å². The van der Waals surface area contributed by atoms with Crippen molar-refractivity contribution in [2.75, 3.05) is 0 Å². The van der Waals surface area contributed by atoms with Gasteiger partial charge in [-0.2, -0.15) is 0 Å². The zero-order valence-corrected chi connectivity index (χ0v) is 14.3. The van der Waals surface area contributed by atoms with Crippen molar-refractivity contribution in [3.63, 3.8) is 0 Å². The lowest BCUT2D eigenvalue weighted by molar-refractivity contribution is 0.641. The van der Waals surface area contributed by atoms with E-state index in [0.717, 1.165) is 41.8 Å². The smallest absolute Gasteiger partial charge is 0.140 e. The van der Waals surface area contributed by atoms with E-state index >= 15 is 0 Å². The summed E-state index contributed by atoms with van der Waals surface area (Å²) in [5.41, 5.74) is 4.53. The van der Waals surface area contributed by atoms with E-state index in [9.17, 15) is 0 Å². The van der Waals surface area contributed by atoms with E-state index in [4.69, 9.17) is 0 Å². The second-order valence-corrected chi connectivity index (χ2v) is 6.20. The molecule has 25 heavy (non-hydrogen) atoms. The van der Waals surface area contributed by atoms with Crippen molar-refractivity contribution in [2.24, 2.45) is 0 Å². The molecule has 0 N–H and O–H groups in total. The van der Waals surface area contributed by atoms with Crippen LogP contribution in [0.1, 0.15) is 17.7 Å². The average molecular weight is 328 g/mol.